The summed E-state index contributed by atoms with van der Waals surface area (Å²) in [5.74, 6) is 1.08. The first-order valence-electron chi connectivity index (χ1n) is 11.7. The van der Waals surface area contributed by atoms with Gasteiger partial charge in [0.2, 0.25) is 23.8 Å². The van der Waals surface area contributed by atoms with Crippen LogP contribution in [0.3, 0.4) is 0 Å². The Balaban J connectivity index is 1.80. The number of hydrogen-bond acceptors (Lipinski definition) is 8. The Hall–Kier alpha value is -2.36. The number of aromatic nitrogens is 3. The van der Waals surface area contributed by atoms with E-state index in [0.717, 1.165) is 51.0 Å². The number of nitrogens with zero attached hydrogens (tertiary/aromatic N) is 6. The number of carbonyl (C=O) groups excluding carboxylic acids is 1. The average Bonchev–Trinajstić information content (AvgIpc) is 2.84. The summed E-state index contributed by atoms with van der Waals surface area (Å²) in [5.41, 5.74) is 6.00. The van der Waals surface area contributed by atoms with Gasteiger partial charge in [-0.15, -0.1) is 0 Å². The van der Waals surface area contributed by atoms with Gasteiger partial charge in [0.25, 0.3) is 0 Å². The normalized spacial score (nSPS) is 18.5. The lowest BCUT2D eigenvalue weighted by Gasteiger charge is -2.44. The smallest absolute Gasteiger partial charge is 0.243 e. The summed E-state index contributed by atoms with van der Waals surface area (Å²) in [5, 5.41) is 4.13. The number of rotatable bonds is 7. The van der Waals surface area contributed by atoms with E-state index >= 15 is 0 Å². The maximum Gasteiger partial charge on any atom is 0.243 e. The van der Waals surface area contributed by atoms with E-state index in [1.807, 2.05) is 11.0 Å². The van der Waals surface area contributed by atoms with Gasteiger partial charge in [-0.1, -0.05) is 48.5 Å². The second-order valence-corrected chi connectivity index (χ2v) is 9.92. The van der Waals surface area contributed by atoms with Crippen molar-refractivity contribution in [2.24, 2.45) is 5.73 Å². The van der Waals surface area contributed by atoms with Crippen molar-refractivity contribution in [1.29, 1.82) is 0 Å². The lowest BCUT2D eigenvalue weighted by molar-refractivity contribution is -0.124. The number of nitrogens with two attached hydrogens (primary N) is 1. The number of benzene rings is 1. The molecule has 1 aromatic heterocycles. The van der Waals surface area contributed by atoms with Crippen molar-refractivity contribution in [3.63, 3.8) is 0 Å². The van der Waals surface area contributed by atoms with E-state index in [1.165, 1.54) is 0 Å². The SMILES string of the molecule is CNc1nc(N2CCN(C)CC2)nc(N(Cc2ccc(Cl)cc2Cl)C2(C(N)=O)CCCCC2)n1. The topological polar surface area (TPSA) is 104 Å². The standard InChI is InChI=1S/C23H32Cl2N8O/c1-27-20-28-21(32-12-10-31(2)11-13-32)30-22(29-20)33(15-16-6-7-17(24)14-18(16)25)23(19(26)34)8-4-3-5-9-23/h6-7,14H,3-5,8-13,15H2,1-2H3,(H2,26,34)(H,27,28,29,30). The summed E-state index contributed by atoms with van der Waals surface area (Å²) in [6, 6.07) is 5.37. The zero-order valence-electron chi connectivity index (χ0n) is 19.7. The molecule has 3 N–H and O–H groups in total. The van der Waals surface area contributed by atoms with Crippen molar-refractivity contribution in [3.05, 3.63) is 33.8 Å². The van der Waals surface area contributed by atoms with Crippen LogP contribution in [0.1, 0.15) is 37.7 Å². The molecule has 9 nitrogen and oxygen atoms in total. The summed E-state index contributed by atoms with van der Waals surface area (Å²) in [6.45, 7) is 3.80. The van der Waals surface area contributed by atoms with Crippen LogP contribution in [0, 0.1) is 0 Å². The molecule has 1 saturated heterocycles. The molecule has 1 saturated carbocycles. The first-order valence-corrected chi connectivity index (χ1v) is 12.5. The minimum absolute atomic E-state index is 0.328. The first kappa shape index (κ1) is 24.8. The van der Waals surface area contributed by atoms with E-state index in [4.69, 9.17) is 33.9 Å². The molecule has 0 unspecified atom stereocenters. The number of nitrogens with one attached hydrogen (secondary N) is 1. The molecule has 0 atom stereocenters. The second-order valence-electron chi connectivity index (χ2n) is 9.08. The molecule has 0 spiro atoms. The van der Waals surface area contributed by atoms with Gasteiger partial charge in [-0.25, -0.2) is 0 Å². The molecule has 34 heavy (non-hydrogen) atoms. The molecule has 0 bridgehead atoms. The summed E-state index contributed by atoms with van der Waals surface area (Å²) in [4.78, 5) is 33.6. The summed E-state index contributed by atoms with van der Waals surface area (Å²) < 4.78 is 0. The third-order valence-electron chi connectivity index (χ3n) is 6.86. The molecule has 0 radical (unpaired) electrons. The quantitative estimate of drug-likeness (QED) is 0.589. The van der Waals surface area contributed by atoms with Gasteiger partial charge in [-0.05, 0) is 37.6 Å². The van der Waals surface area contributed by atoms with Crippen LogP contribution in [0.15, 0.2) is 18.2 Å². The van der Waals surface area contributed by atoms with E-state index < -0.39 is 5.54 Å². The zero-order chi connectivity index (χ0) is 24.3. The largest absolute Gasteiger partial charge is 0.368 e. The fraction of sp³-hybridized carbons (Fsp3) is 0.565. The lowest BCUT2D eigenvalue weighted by Crippen LogP contribution is -2.59. The van der Waals surface area contributed by atoms with Crippen molar-refractivity contribution in [2.45, 2.75) is 44.2 Å². The number of halogens is 2. The minimum Gasteiger partial charge on any atom is -0.368 e. The fourth-order valence-electron chi connectivity index (χ4n) is 4.75. The van der Waals surface area contributed by atoms with Gasteiger partial charge >= 0.3 is 0 Å². The highest BCUT2D eigenvalue weighted by molar-refractivity contribution is 6.35. The molecule has 2 fully saturated rings. The van der Waals surface area contributed by atoms with Crippen molar-refractivity contribution in [3.8, 4) is 0 Å². The number of amides is 1. The zero-order valence-corrected chi connectivity index (χ0v) is 21.2. The van der Waals surface area contributed by atoms with Crippen molar-refractivity contribution >= 4 is 47.0 Å². The Morgan fingerprint density at radius 3 is 2.44 bits per heavy atom. The number of primary amides is 1. The Morgan fingerprint density at radius 2 is 1.82 bits per heavy atom. The molecule has 2 aromatic rings. The molecule has 4 rings (SSSR count). The highest BCUT2D eigenvalue weighted by atomic mass is 35.5. The minimum atomic E-state index is -0.910. The van der Waals surface area contributed by atoms with Gasteiger partial charge in [-0.2, -0.15) is 15.0 Å². The number of carbonyl (C=O) groups is 1. The van der Waals surface area contributed by atoms with Crippen LogP contribution in [0.2, 0.25) is 10.0 Å². The van der Waals surface area contributed by atoms with Crippen LogP contribution >= 0.6 is 23.2 Å². The third-order valence-corrected chi connectivity index (χ3v) is 7.45. The third kappa shape index (κ3) is 5.16. The van der Waals surface area contributed by atoms with E-state index in [2.05, 4.69) is 32.1 Å². The summed E-state index contributed by atoms with van der Waals surface area (Å²) >= 11 is 12.7. The van der Waals surface area contributed by atoms with E-state index in [0.29, 0.717) is 47.3 Å². The van der Waals surface area contributed by atoms with Gasteiger partial charge in [0, 0.05) is 49.8 Å². The van der Waals surface area contributed by atoms with E-state index in [1.54, 1.807) is 19.2 Å². The monoisotopic (exact) mass is 506 g/mol. The molecule has 11 heteroatoms. The van der Waals surface area contributed by atoms with Crippen molar-refractivity contribution in [2.75, 3.05) is 55.4 Å². The van der Waals surface area contributed by atoms with E-state index in [9.17, 15) is 4.79 Å². The molecular weight excluding hydrogens is 475 g/mol. The maximum absolute atomic E-state index is 13.0. The number of hydrogen-bond donors (Lipinski definition) is 2. The summed E-state index contributed by atoms with van der Waals surface area (Å²) in [6.07, 6.45) is 4.15. The number of likely N-dealkylation sites (N-methyl/N-ethyl adjacent to an activating group) is 1. The van der Waals surface area contributed by atoms with E-state index in [-0.39, 0.29) is 5.91 Å². The Kier molecular flexibility index (Phi) is 7.64. The van der Waals surface area contributed by atoms with Gasteiger partial charge < -0.3 is 25.8 Å². The summed E-state index contributed by atoms with van der Waals surface area (Å²) in [7, 11) is 3.88. The maximum atomic E-state index is 13.0. The van der Waals surface area contributed by atoms with Crippen LogP contribution in [0.4, 0.5) is 17.8 Å². The first-order chi connectivity index (χ1) is 16.3. The number of anilines is 3. The number of piperazine rings is 1. The van der Waals surface area contributed by atoms with Gasteiger partial charge in [-0.3, -0.25) is 4.79 Å². The highest BCUT2D eigenvalue weighted by Crippen LogP contribution is 2.38. The van der Waals surface area contributed by atoms with Crippen molar-refractivity contribution in [1.82, 2.24) is 19.9 Å². The molecule has 2 heterocycles. The van der Waals surface area contributed by atoms with Gasteiger partial charge in [0.1, 0.15) is 5.54 Å². The molecular formula is C23H32Cl2N8O. The second kappa shape index (κ2) is 10.5. The Morgan fingerprint density at radius 1 is 1.12 bits per heavy atom. The molecule has 1 aliphatic heterocycles. The van der Waals surface area contributed by atoms with Crippen LogP contribution in [-0.2, 0) is 11.3 Å². The molecule has 184 valence electrons. The van der Waals surface area contributed by atoms with Crippen molar-refractivity contribution < 1.29 is 4.79 Å². The highest BCUT2D eigenvalue weighted by Gasteiger charge is 2.45. The Labute approximate surface area is 210 Å². The van der Waals surface area contributed by atoms with Crippen LogP contribution < -0.4 is 20.9 Å². The molecule has 1 amide bonds. The Bertz CT molecular complexity index is 1020. The van der Waals surface area contributed by atoms with Gasteiger partial charge in [0.15, 0.2) is 0 Å². The molecule has 1 aliphatic carbocycles. The fourth-order valence-corrected chi connectivity index (χ4v) is 5.22. The van der Waals surface area contributed by atoms with Gasteiger partial charge in [0.05, 0.1) is 0 Å². The lowest BCUT2D eigenvalue weighted by atomic mass is 9.79. The predicted octanol–water partition coefficient (Wildman–Crippen LogP) is 3.17. The predicted molar refractivity (Wildman–Crippen MR) is 137 cm³/mol. The van der Waals surface area contributed by atoms with Crippen LogP contribution in [0.5, 0.6) is 0 Å². The van der Waals surface area contributed by atoms with Crippen LogP contribution in [-0.4, -0.2) is 71.6 Å². The molecule has 2 aliphatic rings. The van der Waals surface area contributed by atoms with Crippen LogP contribution in [0.25, 0.3) is 0 Å². The molecule has 1 aromatic carbocycles. The average molecular weight is 507 g/mol.